The number of nitrogens with one attached hydrogen (secondary N) is 1. The fourth-order valence-electron chi connectivity index (χ4n) is 3.29. The lowest BCUT2D eigenvalue weighted by molar-refractivity contribution is -0.139. The molecule has 1 N–H and O–H groups in total. The summed E-state index contributed by atoms with van der Waals surface area (Å²) in [5.41, 5.74) is 1.90. The van der Waals surface area contributed by atoms with Crippen molar-refractivity contribution in [1.29, 1.82) is 0 Å². The van der Waals surface area contributed by atoms with E-state index in [1.165, 1.54) is 23.1 Å². The van der Waals surface area contributed by atoms with Gasteiger partial charge in [-0.15, -0.1) is 0 Å². The van der Waals surface area contributed by atoms with Crippen LogP contribution in [0.3, 0.4) is 0 Å². The van der Waals surface area contributed by atoms with E-state index in [4.69, 9.17) is 23.2 Å². The zero-order chi connectivity index (χ0) is 25.6. The molecule has 0 fully saturated rings. The van der Waals surface area contributed by atoms with Crippen LogP contribution in [0.5, 0.6) is 0 Å². The largest absolute Gasteiger partial charge is 0.352 e. The molecule has 0 spiro atoms. The van der Waals surface area contributed by atoms with E-state index in [0.29, 0.717) is 0 Å². The van der Waals surface area contributed by atoms with Crippen molar-refractivity contribution in [2.45, 2.75) is 52.7 Å². The number of amides is 2. The number of benzene rings is 2. The molecular weight excluding hydrogens is 497 g/mol. The lowest BCUT2D eigenvalue weighted by Crippen LogP contribution is -2.52. The van der Waals surface area contributed by atoms with Crippen molar-refractivity contribution in [2.75, 3.05) is 17.1 Å². The van der Waals surface area contributed by atoms with Crippen LogP contribution in [-0.2, 0) is 26.2 Å². The van der Waals surface area contributed by atoms with Gasteiger partial charge in [0, 0.05) is 17.6 Å². The van der Waals surface area contributed by atoms with E-state index in [-0.39, 0.29) is 34.2 Å². The summed E-state index contributed by atoms with van der Waals surface area (Å²) in [6.07, 6.45) is 1.72. The second-order valence-electron chi connectivity index (χ2n) is 8.31. The number of halogens is 2. The highest BCUT2D eigenvalue weighted by molar-refractivity contribution is 7.92. The van der Waals surface area contributed by atoms with Gasteiger partial charge >= 0.3 is 0 Å². The number of hydrogen-bond acceptors (Lipinski definition) is 4. The van der Waals surface area contributed by atoms with Crippen LogP contribution in [0.25, 0.3) is 0 Å². The molecule has 0 saturated carbocycles. The first kappa shape index (κ1) is 28.0. The molecule has 2 aromatic carbocycles. The van der Waals surface area contributed by atoms with Gasteiger partial charge in [0.2, 0.25) is 21.8 Å². The standard InChI is InChI=1S/C24H31Cl2N3O4S/c1-6-17(3)27-24(31)18(4)28(14-19-10-8-7-9-16(19)2)23(30)15-29(34(5,32)33)22-13-20(25)11-12-21(22)26/h7-13,17-18H,6,14-15H2,1-5H3,(H,27,31)/t17-,18-/m0/s1. The van der Waals surface area contributed by atoms with Gasteiger partial charge in [0.15, 0.2) is 0 Å². The summed E-state index contributed by atoms with van der Waals surface area (Å²) in [5.74, 6) is -0.862. The third kappa shape index (κ3) is 7.35. The van der Waals surface area contributed by atoms with E-state index < -0.39 is 28.5 Å². The van der Waals surface area contributed by atoms with Crippen LogP contribution in [0.4, 0.5) is 5.69 Å². The first-order chi connectivity index (χ1) is 15.8. The van der Waals surface area contributed by atoms with Crippen molar-refractivity contribution < 1.29 is 18.0 Å². The second kappa shape index (κ2) is 11.9. The van der Waals surface area contributed by atoms with Gasteiger partial charge in [0.05, 0.1) is 17.0 Å². The van der Waals surface area contributed by atoms with Crippen LogP contribution in [0.2, 0.25) is 10.0 Å². The molecule has 0 heterocycles. The Balaban J connectivity index is 2.45. The first-order valence-electron chi connectivity index (χ1n) is 10.9. The normalized spacial score (nSPS) is 13.1. The number of sulfonamides is 1. The molecule has 2 amide bonds. The quantitative estimate of drug-likeness (QED) is 0.495. The van der Waals surface area contributed by atoms with Gasteiger partial charge in [-0.3, -0.25) is 13.9 Å². The van der Waals surface area contributed by atoms with Crippen LogP contribution in [0.15, 0.2) is 42.5 Å². The van der Waals surface area contributed by atoms with E-state index in [9.17, 15) is 18.0 Å². The van der Waals surface area contributed by atoms with Crippen LogP contribution in [0, 0.1) is 6.92 Å². The first-order valence-corrected chi connectivity index (χ1v) is 13.5. The maximum atomic E-state index is 13.6. The number of anilines is 1. The Bertz CT molecular complexity index is 1140. The molecule has 2 aromatic rings. The summed E-state index contributed by atoms with van der Waals surface area (Å²) in [4.78, 5) is 27.8. The zero-order valence-electron chi connectivity index (χ0n) is 20.0. The van der Waals surface area contributed by atoms with Crippen LogP contribution < -0.4 is 9.62 Å². The Morgan fingerprint density at radius 1 is 1.09 bits per heavy atom. The number of aryl methyl sites for hydroxylation is 1. The molecule has 34 heavy (non-hydrogen) atoms. The van der Waals surface area contributed by atoms with E-state index >= 15 is 0 Å². The molecule has 0 unspecified atom stereocenters. The maximum Gasteiger partial charge on any atom is 0.244 e. The number of carbonyl (C=O) groups excluding carboxylic acids is 2. The highest BCUT2D eigenvalue weighted by Crippen LogP contribution is 2.31. The van der Waals surface area contributed by atoms with Crippen molar-refractivity contribution in [3.63, 3.8) is 0 Å². The van der Waals surface area contributed by atoms with Gasteiger partial charge in [0.25, 0.3) is 0 Å². The van der Waals surface area contributed by atoms with E-state index in [1.54, 1.807) is 6.92 Å². The zero-order valence-corrected chi connectivity index (χ0v) is 22.3. The van der Waals surface area contributed by atoms with Gasteiger partial charge in [-0.25, -0.2) is 8.42 Å². The summed E-state index contributed by atoms with van der Waals surface area (Å²) in [7, 11) is -3.89. The molecule has 7 nitrogen and oxygen atoms in total. The Labute approximate surface area is 212 Å². The summed E-state index contributed by atoms with van der Waals surface area (Å²) >= 11 is 12.3. The van der Waals surface area contributed by atoms with Gasteiger partial charge in [-0.1, -0.05) is 54.4 Å². The van der Waals surface area contributed by atoms with Gasteiger partial charge in [0.1, 0.15) is 12.6 Å². The van der Waals surface area contributed by atoms with Crippen LogP contribution >= 0.6 is 23.2 Å². The third-order valence-electron chi connectivity index (χ3n) is 5.63. The van der Waals surface area contributed by atoms with Gasteiger partial charge < -0.3 is 10.2 Å². The van der Waals surface area contributed by atoms with Crippen molar-refractivity contribution >= 4 is 50.7 Å². The fourth-order valence-corrected chi connectivity index (χ4v) is 4.58. The Kier molecular flexibility index (Phi) is 9.79. The molecule has 0 aliphatic heterocycles. The predicted molar refractivity (Wildman–Crippen MR) is 138 cm³/mol. The van der Waals surface area contributed by atoms with Crippen LogP contribution in [-0.4, -0.2) is 50.0 Å². The minimum Gasteiger partial charge on any atom is -0.352 e. The van der Waals surface area contributed by atoms with E-state index in [2.05, 4.69) is 5.32 Å². The predicted octanol–water partition coefficient (Wildman–Crippen LogP) is 4.40. The average Bonchev–Trinajstić information content (AvgIpc) is 2.77. The van der Waals surface area contributed by atoms with Crippen molar-refractivity contribution in [1.82, 2.24) is 10.2 Å². The van der Waals surface area contributed by atoms with Crippen molar-refractivity contribution in [2.24, 2.45) is 0 Å². The van der Waals surface area contributed by atoms with Crippen LogP contribution in [0.1, 0.15) is 38.3 Å². The number of nitrogens with zero attached hydrogens (tertiary/aromatic N) is 2. The van der Waals surface area contributed by atoms with E-state index in [1.807, 2.05) is 45.0 Å². The fraction of sp³-hybridized carbons (Fsp3) is 0.417. The summed E-state index contributed by atoms with van der Waals surface area (Å²) in [6.45, 7) is 6.98. The monoisotopic (exact) mass is 527 g/mol. The number of hydrogen-bond donors (Lipinski definition) is 1. The Morgan fingerprint density at radius 2 is 1.74 bits per heavy atom. The summed E-state index contributed by atoms with van der Waals surface area (Å²) in [6, 6.07) is 11.0. The van der Waals surface area contributed by atoms with Gasteiger partial charge in [-0.05, 0) is 56.5 Å². The summed E-state index contributed by atoms with van der Waals surface area (Å²) in [5, 5.41) is 3.30. The molecule has 0 radical (unpaired) electrons. The molecule has 10 heteroatoms. The van der Waals surface area contributed by atoms with Crippen molar-refractivity contribution in [3.8, 4) is 0 Å². The Morgan fingerprint density at radius 3 is 2.32 bits per heavy atom. The van der Waals surface area contributed by atoms with Gasteiger partial charge in [-0.2, -0.15) is 0 Å². The number of rotatable bonds is 10. The molecule has 2 atom stereocenters. The molecule has 186 valence electrons. The SMILES string of the molecule is CC[C@H](C)NC(=O)[C@H](C)N(Cc1ccccc1C)C(=O)CN(c1cc(Cl)ccc1Cl)S(C)(=O)=O. The van der Waals surface area contributed by atoms with Crippen molar-refractivity contribution in [3.05, 3.63) is 63.6 Å². The second-order valence-corrected chi connectivity index (χ2v) is 11.1. The molecule has 0 bridgehead atoms. The minimum atomic E-state index is -3.89. The molecule has 0 saturated heterocycles. The number of carbonyl (C=O) groups is 2. The smallest absolute Gasteiger partial charge is 0.244 e. The van der Waals surface area contributed by atoms with E-state index in [0.717, 1.165) is 28.1 Å². The molecule has 2 rings (SSSR count). The molecule has 0 aliphatic carbocycles. The lowest BCUT2D eigenvalue weighted by Gasteiger charge is -2.32. The average molecular weight is 529 g/mol. The lowest BCUT2D eigenvalue weighted by atomic mass is 10.1. The minimum absolute atomic E-state index is 0.0665. The topological polar surface area (TPSA) is 86.8 Å². The highest BCUT2D eigenvalue weighted by atomic mass is 35.5. The summed E-state index contributed by atoms with van der Waals surface area (Å²) < 4.78 is 26.2. The molecule has 0 aromatic heterocycles. The highest BCUT2D eigenvalue weighted by Gasteiger charge is 2.31. The Hall–Kier alpha value is -2.29. The maximum absolute atomic E-state index is 13.6. The third-order valence-corrected chi connectivity index (χ3v) is 7.31. The molecule has 0 aliphatic rings. The molecular formula is C24H31Cl2N3O4S.